The molecule has 6 rings (SSSR count). The van der Waals surface area contributed by atoms with Gasteiger partial charge in [-0.3, -0.25) is 9.98 Å². The fourth-order valence-corrected chi connectivity index (χ4v) is 4.82. The van der Waals surface area contributed by atoms with Crippen LogP contribution in [0.5, 0.6) is 23.0 Å². The van der Waals surface area contributed by atoms with E-state index in [2.05, 4.69) is 20.3 Å². The van der Waals surface area contributed by atoms with E-state index in [-0.39, 0.29) is 13.2 Å². The SMILES string of the molecule is COc1ccc(C=Nc2ccc(-c3ccc(N=Cc4ccc(OC)c(OCc5cc(C)no5)c4)cc3)cc2)cc1OCc1cc(C)no1. The first-order valence-electron chi connectivity index (χ1n) is 15.2. The fourth-order valence-electron chi connectivity index (χ4n) is 4.82. The van der Waals surface area contributed by atoms with Crippen molar-refractivity contribution in [2.24, 2.45) is 9.98 Å². The second-order valence-corrected chi connectivity index (χ2v) is 10.9. The molecule has 48 heavy (non-hydrogen) atoms. The summed E-state index contributed by atoms with van der Waals surface area (Å²) in [6, 6.07) is 31.1. The summed E-state index contributed by atoms with van der Waals surface area (Å²) in [4.78, 5) is 9.30. The van der Waals surface area contributed by atoms with Crippen molar-refractivity contribution in [1.29, 1.82) is 0 Å². The Labute approximate surface area is 278 Å². The van der Waals surface area contributed by atoms with E-state index in [4.69, 9.17) is 28.0 Å². The van der Waals surface area contributed by atoms with Crippen LogP contribution >= 0.6 is 0 Å². The molecule has 0 aliphatic heterocycles. The average Bonchev–Trinajstić information content (AvgIpc) is 3.75. The molecule has 0 atom stereocenters. The van der Waals surface area contributed by atoms with Crippen molar-refractivity contribution in [3.8, 4) is 34.1 Å². The number of nitrogens with zero attached hydrogens (tertiary/aromatic N) is 4. The highest BCUT2D eigenvalue weighted by atomic mass is 16.5. The van der Waals surface area contributed by atoms with Gasteiger partial charge in [0.15, 0.2) is 34.5 Å². The number of methoxy groups -OCH3 is 2. The van der Waals surface area contributed by atoms with Crippen LogP contribution < -0.4 is 18.9 Å². The third-order valence-electron chi connectivity index (χ3n) is 7.26. The summed E-state index contributed by atoms with van der Waals surface area (Å²) in [7, 11) is 3.21. The maximum atomic E-state index is 5.92. The van der Waals surface area contributed by atoms with Crippen LogP contribution in [-0.4, -0.2) is 37.0 Å². The lowest BCUT2D eigenvalue weighted by atomic mass is 10.1. The zero-order valence-electron chi connectivity index (χ0n) is 27.0. The van der Waals surface area contributed by atoms with Gasteiger partial charge in [0, 0.05) is 24.6 Å². The Bertz CT molecular complexity index is 1880. The summed E-state index contributed by atoms with van der Waals surface area (Å²) in [5.74, 6) is 3.71. The number of hydrogen-bond donors (Lipinski definition) is 0. The third kappa shape index (κ3) is 8.16. The minimum absolute atomic E-state index is 0.247. The monoisotopic (exact) mass is 642 g/mol. The second-order valence-electron chi connectivity index (χ2n) is 10.9. The summed E-state index contributed by atoms with van der Waals surface area (Å²) < 4.78 is 33.2. The third-order valence-corrected chi connectivity index (χ3v) is 7.26. The van der Waals surface area contributed by atoms with Gasteiger partial charge < -0.3 is 28.0 Å². The van der Waals surface area contributed by atoms with E-state index >= 15 is 0 Å². The first-order chi connectivity index (χ1) is 23.4. The van der Waals surface area contributed by atoms with Crippen LogP contribution in [0.2, 0.25) is 0 Å². The molecule has 2 aromatic heterocycles. The molecule has 0 fully saturated rings. The van der Waals surface area contributed by atoms with Gasteiger partial charge in [0.05, 0.1) is 37.0 Å². The number of ether oxygens (including phenoxy) is 4. The second kappa shape index (κ2) is 15.0. The number of aromatic nitrogens is 2. The van der Waals surface area contributed by atoms with Gasteiger partial charge in [0.25, 0.3) is 0 Å². The summed E-state index contributed by atoms with van der Waals surface area (Å²) >= 11 is 0. The normalized spacial score (nSPS) is 11.3. The van der Waals surface area contributed by atoms with Crippen LogP contribution in [0.4, 0.5) is 11.4 Å². The lowest BCUT2D eigenvalue weighted by molar-refractivity contribution is 0.239. The van der Waals surface area contributed by atoms with Crippen molar-refractivity contribution in [3.63, 3.8) is 0 Å². The zero-order valence-corrected chi connectivity index (χ0v) is 27.0. The van der Waals surface area contributed by atoms with E-state index in [1.807, 2.05) is 111 Å². The first-order valence-corrected chi connectivity index (χ1v) is 15.2. The number of rotatable bonds is 13. The Balaban J connectivity index is 1.07. The fraction of sp³-hybridized carbons (Fsp3) is 0.158. The molecule has 4 aromatic carbocycles. The highest BCUT2D eigenvalue weighted by Gasteiger charge is 2.10. The van der Waals surface area contributed by atoms with Gasteiger partial charge >= 0.3 is 0 Å². The minimum atomic E-state index is 0.247. The van der Waals surface area contributed by atoms with E-state index in [0.717, 1.165) is 45.0 Å². The summed E-state index contributed by atoms with van der Waals surface area (Å²) in [6.07, 6.45) is 3.59. The maximum Gasteiger partial charge on any atom is 0.174 e. The lowest BCUT2D eigenvalue weighted by Crippen LogP contribution is -1.97. The molecular formula is C38H34N4O6. The van der Waals surface area contributed by atoms with Crippen LogP contribution in [0.15, 0.2) is 116 Å². The van der Waals surface area contributed by atoms with E-state index in [1.165, 1.54) is 0 Å². The summed E-state index contributed by atoms with van der Waals surface area (Å²) in [5.41, 5.74) is 7.16. The van der Waals surface area contributed by atoms with Crippen molar-refractivity contribution in [3.05, 3.63) is 131 Å². The Kier molecular flexibility index (Phi) is 9.91. The van der Waals surface area contributed by atoms with Crippen LogP contribution in [0.3, 0.4) is 0 Å². The molecule has 0 saturated carbocycles. The number of benzene rings is 4. The molecule has 0 radical (unpaired) electrons. The van der Waals surface area contributed by atoms with Gasteiger partial charge in [-0.15, -0.1) is 0 Å². The molecule has 10 nitrogen and oxygen atoms in total. The molecule has 6 aromatic rings. The number of hydrogen-bond acceptors (Lipinski definition) is 10. The van der Waals surface area contributed by atoms with E-state index < -0.39 is 0 Å². The highest BCUT2D eigenvalue weighted by Crippen LogP contribution is 2.31. The standard InChI is InChI=1S/C38H34N4O6/c1-25-17-33(47-41-25)23-45-37-19-27(5-15-35(37)43-3)21-39-31-11-7-29(8-12-31)30-9-13-32(14-10-30)40-22-28-6-16-36(44-4)38(20-28)46-24-34-18-26(2)42-48-34/h5-22H,23-24H2,1-4H3. The van der Waals surface area contributed by atoms with Crippen LogP contribution in [0, 0.1) is 13.8 Å². The van der Waals surface area contributed by atoms with Crippen LogP contribution in [0.1, 0.15) is 34.0 Å². The molecule has 0 saturated heterocycles. The molecule has 0 bridgehead atoms. The molecule has 0 N–H and O–H groups in total. The quantitative estimate of drug-likeness (QED) is 0.115. The predicted octanol–water partition coefficient (Wildman–Crippen LogP) is 8.62. The van der Waals surface area contributed by atoms with Gasteiger partial charge in [-0.2, -0.15) is 0 Å². The Morgan fingerprint density at radius 2 is 0.958 bits per heavy atom. The lowest BCUT2D eigenvalue weighted by Gasteiger charge is -2.10. The number of aliphatic imine (C=N–C) groups is 2. The van der Waals surface area contributed by atoms with Crippen molar-refractivity contribution in [2.45, 2.75) is 27.1 Å². The van der Waals surface area contributed by atoms with Crippen molar-refractivity contribution in [1.82, 2.24) is 10.3 Å². The molecule has 242 valence electrons. The van der Waals surface area contributed by atoms with E-state index in [9.17, 15) is 0 Å². The molecule has 0 aliphatic rings. The van der Waals surface area contributed by atoms with Gasteiger partial charge in [-0.1, -0.05) is 34.6 Å². The zero-order chi connectivity index (χ0) is 33.3. The van der Waals surface area contributed by atoms with Crippen LogP contribution in [-0.2, 0) is 13.2 Å². The molecule has 0 spiro atoms. The van der Waals surface area contributed by atoms with Gasteiger partial charge in [-0.25, -0.2) is 0 Å². The van der Waals surface area contributed by atoms with E-state index in [0.29, 0.717) is 34.5 Å². The Morgan fingerprint density at radius 1 is 0.542 bits per heavy atom. The number of aryl methyl sites for hydroxylation is 2. The summed E-state index contributed by atoms with van der Waals surface area (Å²) in [5, 5.41) is 7.79. The minimum Gasteiger partial charge on any atom is -0.493 e. The largest absolute Gasteiger partial charge is 0.493 e. The topological polar surface area (TPSA) is 114 Å². The average molecular weight is 643 g/mol. The first kappa shape index (κ1) is 31.8. The summed E-state index contributed by atoms with van der Waals surface area (Å²) in [6.45, 7) is 4.23. The van der Waals surface area contributed by atoms with Crippen molar-refractivity contribution in [2.75, 3.05) is 14.2 Å². The molecule has 0 aliphatic carbocycles. The predicted molar refractivity (Wildman–Crippen MR) is 184 cm³/mol. The molecule has 10 heteroatoms. The molecule has 0 unspecified atom stereocenters. The molecule has 0 amide bonds. The highest BCUT2D eigenvalue weighted by molar-refractivity contribution is 5.84. The maximum absolute atomic E-state index is 5.92. The van der Waals surface area contributed by atoms with Crippen molar-refractivity contribution >= 4 is 23.8 Å². The van der Waals surface area contributed by atoms with Crippen molar-refractivity contribution < 1.29 is 28.0 Å². The van der Waals surface area contributed by atoms with E-state index in [1.54, 1.807) is 26.6 Å². The Hall–Kier alpha value is -6.16. The van der Waals surface area contributed by atoms with Gasteiger partial charge in [0.1, 0.15) is 13.2 Å². The molecule has 2 heterocycles. The Morgan fingerprint density at radius 3 is 1.31 bits per heavy atom. The smallest absolute Gasteiger partial charge is 0.174 e. The van der Waals surface area contributed by atoms with Gasteiger partial charge in [0.2, 0.25) is 0 Å². The van der Waals surface area contributed by atoms with Crippen LogP contribution in [0.25, 0.3) is 11.1 Å². The van der Waals surface area contributed by atoms with Gasteiger partial charge in [-0.05, 0) is 96.8 Å². The molecular weight excluding hydrogens is 608 g/mol.